The summed E-state index contributed by atoms with van der Waals surface area (Å²) in [7, 11) is -7.52. The number of hydrogen-bond donors (Lipinski definition) is 0. The highest BCUT2D eigenvalue weighted by Crippen LogP contribution is 2.55. The number of pyridine rings is 1. The summed E-state index contributed by atoms with van der Waals surface area (Å²) < 4.78 is 146. The number of fused-ring (bicyclic) bond motifs is 4. The maximum absolute atomic E-state index is 14.0. The summed E-state index contributed by atoms with van der Waals surface area (Å²) in [4.78, 5) is 41.5. The van der Waals surface area contributed by atoms with E-state index in [4.69, 9.17) is 0 Å². The minimum absolute atomic E-state index is 0.140. The van der Waals surface area contributed by atoms with Gasteiger partial charge in [-0.25, -0.2) is 4.18 Å². The van der Waals surface area contributed by atoms with Crippen LogP contribution < -0.4 is 5.43 Å². The molecule has 0 N–H and O–H groups in total. The number of alkyl halides is 9. The zero-order chi connectivity index (χ0) is 27.9. The molecule has 2 heterocycles. The smallest absolute Gasteiger partial charge is 0.290 e. The Morgan fingerprint density at radius 2 is 1.43 bits per heavy atom. The topological polar surface area (TPSA) is 107 Å². The van der Waals surface area contributed by atoms with Crippen LogP contribution >= 0.6 is 11.3 Å². The lowest BCUT2D eigenvalue weighted by atomic mass is 10.1. The van der Waals surface area contributed by atoms with Crippen LogP contribution in [0.4, 0.5) is 39.5 Å². The van der Waals surface area contributed by atoms with E-state index in [1.54, 1.807) is 0 Å². The van der Waals surface area contributed by atoms with Gasteiger partial charge in [0.2, 0.25) is 17.7 Å². The van der Waals surface area contributed by atoms with Crippen LogP contribution in [-0.2, 0) is 14.3 Å². The van der Waals surface area contributed by atoms with Crippen molar-refractivity contribution in [2.45, 2.75) is 29.4 Å². The Balaban J connectivity index is 1.80. The van der Waals surface area contributed by atoms with Crippen molar-refractivity contribution in [2.75, 3.05) is 0 Å². The first-order valence-corrected chi connectivity index (χ1v) is 11.6. The monoisotopic (exact) mass is 579 g/mol. The molecule has 1 aliphatic rings. The molecule has 0 aliphatic heterocycles. The molecule has 0 radical (unpaired) electrons. The van der Waals surface area contributed by atoms with Crippen LogP contribution in [0, 0.1) is 0 Å². The number of Topliss-reactive ketones (excluding diaryl/α,β-unsaturated/α-hetero) is 2. The van der Waals surface area contributed by atoms with Crippen LogP contribution in [0.2, 0.25) is 0 Å². The van der Waals surface area contributed by atoms with Crippen LogP contribution in [0.15, 0.2) is 35.3 Å². The van der Waals surface area contributed by atoms with Gasteiger partial charge in [-0.05, 0) is 12.1 Å². The van der Waals surface area contributed by atoms with Gasteiger partial charge in [0, 0.05) is 16.3 Å². The highest BCUT2D eigenvalue weighted by Gasteiger charge is 2.86. The van der Waals surface area contributed by atoms with E-state index >= 15 is 0 Å². The fourth-order valence-electron chi connectivity index (χ4n) is 3.34. The molecule has 37 heavy (non-hydrogen) atoms. The fraction of sp³-hybridized carbons (Fsp3) is 0.263. The lowest BCUT2D eigenvalue weighted by molar-refractivity contribution is -0.382. The molecule has 4 rings (SSSR count). The average molecular weight is 579 g/mol. The summed E-state index contributed by atoms with van der Waals surface area (Å²) in [6, 6.07) is 5.78. The zero-order valence-corrected chi connectivity index (χ0v) is 18.7. The first-order chi connectivity index (χ1) is 16.8. The Bertz CT molecular complexity index is 1660. The molecule has 0 saturated carbocycles. The highest BCUT2D eigenvalue weighted by atomic mass is 32.2. The molecule has 1 aliphatic carbocycles. The van der Waals surface area contributed by atoms with E-state index in [9.17, 15) is 62.3 Å². The number of rotatable bonds is 5. The predicted molar refractivity (Wildman–Crippen MR) is 107 cm³/mol. The van der Waals surface area contributed by atoms with Crippen molar-refractivity contribution in [2.24, 2.45) is 0 Å². The first kappa shape index (κ1) is 26.9. The molecule has 18 heteroatoms. The van der Waals surface area contributed by atoms with Gasteiger partial charge < -0.3 is 0 Å². The molecular weight excluding hydrogens is 573 g/mol. The minimum Gasteiger partial charge on any atom is -0.290 e. The molecule has 198 valence electrons. The molecule has 0 fully saturated rings. The Morgan fingerprint density at radius 3 is 2.03 bits per heavy atom. The number of nitrogens with zero attached hydrogens (tertiary/aromatic N) is 1. The largest absolute Gasteiger partial charge is 0.460 e. The third-order valence-electron chi connectivity index (χ3n) is 5.23. The number of ketones is 2. The van der Waals surface area contributed by atoms with Crippen molar-refractivity contribution in [3.63, 3.8) is 0 Å². The van der Waals surface area contributed by atoms with E-state index in [1.165, 1.54) is 24.3 Å². The molecule has 3 aromatic rings. The quantitative estimate of drug-likeness (QED) is 0.192. The third-order valence-corrected chi connectivity index (χ3v) is 7.76. The Labute approximate surface area is 201 Å². The molecule has 7 nitrogen and oxygen atoms in total. The van der Waals surface area contributed by atoms with Gasteiger partial charge in [0.15, 0.2) is 5.43 Å². The van der Waals surface area contributed by atoms with Crippen molar-refractivity contribution in [3.05, 3.63) is 51.9 Å². The SMILES string of the molecule is O=C1c2ncc3c(=O)c4ccccc4sc3c2C(=O)C1OS(=O)(=O)C(F)(F)C(F)(F)C(F)(F)C(F)(F)F. The van der Waals surface area contributed by atoms with Gasteiger partial charge in [-0.3, -0.25) is 19.4 Å². The summed E-state index contributed by atoms with van der Waals surface area (Å²) in [5.74, 6) is -18.8. The molecule has 0 bridgehead atoms. The van der Waals surface area contributed by atoms with Gasteiger partial charge in [0.25, 0.3) is 0 Å². The number of hydrogen-bond acceptors (Lipinski definition) is 8. The normalized spacial score (nSPS) is 17.6. The van der Waals surface area contributed by atoms with Crippen LogP contribution in [-0.4, -0.2) is 54.3 Å². The van der Waals surface area contributed by atoms with Crippen molar-refractivity contribution in [3.8, 4) is 0 Å². The molecule has 1 unspecified atom stereocenters. The number of carbonyl (C=O) groups is 2. The lowest BCUT2D eigenvalue weighted by Gasteiger charge is -2.32. The number of benzene rings is 1. The summed E-state index contributed by atoms with van der Waals surface area (Å²) in [5, 5.41) is -7.42. The van der Waals surface area contributed by atoms with Gasteiger partial charge in [-0.15, -0.1) is 11.3 Å². The van der Waals surface area contributed by atoms with E-state index in [0.29, 0.717) is 11.3 Å². The van der Waals surface area contributed by atoms with Crippen LogP contribution in [0.3, 0.4) is 0 Å². The van der Waals surface area contributed by atoms with Gasteiger partial charge in [0.05, 0.1) is 15.6 Å². The molecule has 0 spiro atoms. The lowest BCUT2D eigenvalue weighted by Crippen LogP contribution is -2.63. The van der Waals surface area contributed by atoms with Crippen molar-refractivity contribution < 1.29 is 61.7 Å². The molecule has 0 saturated heterocycles. The summed E-state index contributed by atoms with van der Waals surface area (Å²) in [6.07, 6.45) is -9.75. The number of carbonyl (C=O) groups excluding carboxylic acids is 2. The molecule has 0 amide bonds. The molecule has 1 aromatic carbocycles. The maximum Gasteiger partial charge on any atom is 0.460 e. The zero-order valence-electron chi connectivity index (χ0n) is 17.1. The second kappa shape index (κ2) is 7.94. The van der Waals surface area contributed by atoms with Crippen LogP contribution in [0.1, 0.15) is 20.8 Å². The van der Waals surface area contributed by atoms with Crippen molar-refractivity contribution >= 4 is 53.2 Å². The highest BCUT2D eigenvalue weighted by molar-refractivity contribution is 7.88. The maximum atomic E-state index is 14.0. The standard InChI is InChI=1S/C19H6F9NO6S2/c20-16(21,18(24,25)26)17(22,23)19(27,28)37(33,34)35-14-12(31)9-10(13(14)32)29-5-7-11(30)6-3-1-2-4-8(6)36-15(7)9/h1-5,14H. The van der Waals surface area contributed by atoms with E-state index in [1.807, 2.05) is 0 Å². The molecule has 1 atom stereocenters. The number of aromatic nitrogens is 1. The first-order valence-electron chi connectivity index (χ1n) is 9.34. The predicted octanol–water partition coefficient (Wildman–Crippen LogP) is 4.33. The van der Waals surface area contributed by atoms with Gasteiger partial charge >= 0.3 is 33.4 Å². The summed E-state index contributed by atoms with van der Waals surface area (Å²) >= 11 is 0.702. The van der Waals surface area contributed by atoms with E-state index in [2.05, 4.69) is 9.17 Å². The molecule has 2 aromatic heterocycles. The van der Waals surface area contributed by atoms with Crippen molar-refractivity contribution in [1.82, 2.24) is 4.98 Å². The second-order valence-corrected chi connectivity index (χ2v) is 10.1. The second-order valence-electron chi connectivity index (χ2n) is 7.47. The van der Waals surface area contributed by atoms with Gasteiger partial charge in [0.1, 0.15) is 5.69 Å². The average Bonchev–Trinajstić information content (AvgIpc) is 3.02. The summed E-state index contributed by atoms with van der Waals surface area (Å²) in [6.45, 7) is 0. The minimum atomic E-state index is -7.63. The third kappa shape index (κ3) is 3.56. The van der Waals surface area contributed by atoms with E-state index < -0.39 is 67.8 Å². The molecular formula is C19H6F9NO6S2. The summed E-state index contributed by atoms with van der Waals surface area (Å²) in [5.41, 5.74) is -2.46. The Hall–Kier alpha value is -3.12. The Kier molecular flexibility index (Phi) is 5.78. The van der Waals surface area contributed by atoms with Crippen molar-refractivity contribution in [1.29, 1.82) is 0 Å². The van der Waals surface area contributed by atoms with E-state index in [-0.39, 0.29) is 20.2 Å². The van der Waals surface area contributed by atoms with E-state index in [0.717, 1.165) is 6.20 Å². The van der Waals surface area contributed by atoms with Crippen LogP contribution in [0.25, 0.3) is 20.2 Å². The van der Waals surface area contributed by atoms with Crippen LogP contribution in [0.5, 0.6) is 0 Å². The fourth-order valence-corrected chi connectivity index (χ4v) is 5.53. The number of halogens is 9. The van der Waals surface area contributed by atoms with Gasteiger partial charge in [-0.1, -0.05) is 12.1 Å². The Morgan fingerprint density at radius 1 is 0.838 bits per heavy atom. The van der Waals surface area contributed by atoms with Gasteiger partial charge in [-0.2, -0.15) is 47.9 Å².